The summed E-state index contributed by atoms with van der Waals surface area (Å²) in [6.07, 6.45) is 3.73. The third-order valence-electron chi connectivity index (χ3n) is 2.53. The van der Waals surface area contributed by atoms with Crippen LogP contribution in [0.25, 0.3) is 11.5 Å². The largest absolute Gasteiger partial charge is 0.359 e. The number of nitrogens with zero attached hydrogens (tertiary/aromatic N) is 2. The third-order valence-corrected chi connectivity index (χ3v) is 2.53. The number of rotatable bonds is 6. The van der Waals surface area contributed by atoms with E-state index in [-0.39, 0.29) is 0 Å². The van der Waals surface area contributed by atoms with E-state index in [4.69, 9.17) is 4.52 Å². The molecule has 5 nitrogen and oxygen atoms in total. The Morgan fingerprint density at radius 3 is 3.12 bits per heavy atom. The SMILES string of the molecule is CCCNC(C)Cc1nc(-c2ccc[nH]2)no1. The second kappa shape index (κ2) is 5.63. The zero-order valence-corrected chi connectivity index (χ0v) is 10.2. The van der Waals surface area contributed by atoms with E-state index in [0.717, 1.165) is 25.1 Å². The molecule has 2 heterocycles. The molecule has 0 bridgehead atoms. The Morgan fingerprint density at radius 1 is 1.53 bits per heavy atom. The number of nitrogens with one attached hydrogen (secondary N) is 2. The molecular weight excluding hydrogens is 216 g/mol. The third kappa shape index (κ3) is 3.17. The van der Waals surface area contributed by atoms with Gasteiger partial charge in [0.05, 0.1) is 5.69 Å². The molecule has 17 heavy (non-hydrogen) atoms. The van der Waals surface area contributed by atoms with Crippen LogP contribution >= 0.6 is 0 Å². The monoisotopic (exact) mass is 234 g/mol. The van der Waals surface area contributed by atoms with Crippen molar-refractivity contribution in [2.45, 2.75) is 32.7 Å². The molecule has 0 amide bonds. The molecule has 0 aliphatic heterocycles. The summed E-state index contributed by atoms with van der Waals surface area (Å²) in [5, 5.41) is 7.34. The molecule has 2 aromatic heterocycles. The maximum atomic E-state index is 5.22. The van der Waals surface area contributed by atoms with Gasteiger partial charge in [0.15, 0.2) is 0 Å². The summed E-state index contributed by atoms with van der Waals surface area (Å²) >= 11 is 0. The first kappa shape index (κ1) is 11.9. The van der Waals surface area contributed by atoms with Gasteiger partial charge >= 0.3 is 0 Å². The highest BCUT2D eigenvalue weighted by molar-refractivity contribution is 5.47. The molecule has 2 aromatic rings. The molecule has 0 aromatic carbocycles. The van der Waals surface area contributed by atoms with Gasteiger partial charge in [0.25, 0.3) is 0 Å². The van der Waals surface area contributed by atoms with Crippen molar-refractivity contribution in [1.82, 2.24) is 20.4 Å². The van der Waals surface area contributed by atoms with Crippen LogP contribution in [-0.2, 0) is 6.42 Å². The molecule has 1 atom stereocenters. The van der Waals surface area contributed by atoms with Gasteiger partial charge in [-0.25, -0.2) is 0 Å². The normalized spacial score (nSPS) is 12.8. The number of aromatic amines is 1. The van der Waals surface area contributed by atoms with Crippen LogP contribution in [-0.4, -0.2) is 27.7 Å². The van der Waals surface area contributed by atoms with E-state index in [1.165, 1.54) is 0 Å². The molecule has 1 unspecified atom stereocenters. The molecule has 0 aliphatic carbocycles. The first-order valence-corrected chi connectivity index (χ1v) is 5.99. The maximum Gasteiger partial charge on any atom is 0.228 e. The Labute approximate surface area is 101 Å². The van der Waals surface area contributed by atoms with Crippen molar-refractivity contribution in [3.8, 4) is 11.5 Å². The lowest BCUT2D eigenvalue weighted by Gasteiger charge is -2.09. The van der Waals surface area contributed by atoms with Crippen molar-refractivity contribution in [2.75, 3.05) is 6.54 Å². The molecule has 5 heteroatoms. The summed E-state index contributed by atoms with van der Waals surface area (Å²) < 4.78 is 5.22. The molecule has 0 spiro atoms. The highest BCUT2D eigenvalue weighted by Gasteiger charge is 2.11. The molecule has 2 rings (SSSR count). The van der Waals surface area contributed by atoms with Crippen molar-refractivity contribution >= 4 is 0 Å². The Morgan fingerprint density at radius 2 is 2.41 bits per heavy atom. The molecule has 2 N–H and O–H groups in total. The average molecular weight is 234 g/mol. The second-order valence-corrected chi connectivity index (χ2v) is 4.15. The zero-order valence-electron chi connectivity index (χ0n) is 10.2. The molecule has 0 aliphatic rings. The van der Waals surface area contributed by atoms with E-state index < -0.39 is 0 Å². The Bertz CT molecular complexity index is 435. The highest BCUT2D eigenvalue weighted by Crippen LogP contribution is 2.13. The number of hydrogen-bond acceptors (Lipinski definition) is 4. The standard InChI is InChI=1S/C12H18N4O/c1-3-6-13-9(2)8-11-15-12(16-17-11)10-5-4-7-14-10/h4-5,7,9,13-14H,3,6,8H2,1-2H3. The van der Waals surface area contributed by atoms with Crippen LogP contribution in [0.2, 0.25) is 0 Å². The van der Waals surface area contributed by atoms with Gasteiger partial charge in [-0.05, 0) is 32.0 Å². The van der Waals surface area contributed by atoms with Crippen molar-refractivity contribution in [1.29, 1.82) is 0 Å². The maximum absolute atomic E-state index is 5.22. The zero-order chi connectivity index (χ0) is 12.1. The molecular formula is C12H18N4O. The van der Waals surface area contributed by atoms with Crippen LogP contribution in [0.1, 0.15) is 26.2 Å². The Balaban J connectivity index is 1.94. The summed E-state index contributed by atoms with van der Waals surface area (Å²) in [4.78, 5) is 7.41. The van der Waals surface area contributed by atoms with Crippen molar-refractivity contribution in [3.63, 3.8) is 0 Å². The minimum Gasteiger partial charge on any atom is -0.359 e. The minimum absolute atomic E-state index is 0.354. The van der Waals surface area contributed by atoms with Crippen LogP contribution in [0, 0.1) is 0 Å². The van der Waals surface area contributed by atoms with Crippen LogP contribution in [0.4, 0.5) is 0 Å². The van der Waals surface area contributed by atoms with E-state index in [0.29, 0.717) is 17.8 Å². The van der Waals surface area contributed by atoms with Crippen molar-refractivity contribution in [2.24, 2.45) is 0 Å². The molecule has 0 saturated carbocycles. The van der Waals surface area contributed by atoms with Gasteiger partial charge in [0.1, 0.15) is 0 Å². The van der Waals surface area contributed by atoms with Gasteiger partial charge in [0, 0.05) is 18.7 Å². The smallest absolute Gasteiger partial charge is 0.228 e. The lowest BCUT2D eigenvalue weighted by atomic mass is 10.2. The molecule has 0 saturated heterocycles. The fourth-order valence-corrected chi connectivity index (χ4v) is 1.64. The van der Waals surface area contributed by atoms with E-state index in [1.807, 2.05) is 18.3 Å². The molecule has 0 fully saturated rings. The topological polar surface area (TPSA) is 66.7 Å². The first-order chi connectivity index (χ1) is 8.29. The van der Waals surface area contributed by atoms with Gasteiger partial charge in [-0.15, -0.1) is 0 Å². The van der Waals surface area contributed by atoms with Crippen molar-refractivity contribution in [3.05, 3.63) is 24.2 Å². The minimum atomic E-state index is 0.354. The Hall–Kier alpha value is -1.62. The fraction of sp³-hybridized carbons (Fsp3) is 0.500. The highest BCUT2D eigenvalue weighted by atomic mass is 16.5. The summed E-state index contributed by atoms with van der Waals surface area (Å²) in [5.74, 6) is 1.29. The van der Waals surface area contributed by atoms with E-state index in [2.05, 4.69) is 34.3 Å². The average Bonchev–Trinajstić information content (AvgIpc) is 2.95. The van der Waals surface area contributed by atoms with Crippen molar-refractivity contribution < 1.29 is 4.52 Å². The summed E-state index contributed by atoms with van der Waals surface area (Å²) in [5.41, 5.74) is 0.883. The van der Waals surface area contributed by atoms with Gasteiger partial charge in [-0.2, -0.15) is 4.98 Å². The first-order valence-electron chi connectivity index (χ1n) is 5.99. The summed E-state index contributed by atoms with van der Waals surface area (Å²) in [7, 11) is 0. The van der Waals surface area contributed by atoms with Gasteiger partial charge in [-0.3, -0.25) is 0 Å². The lowest BCUT2D eigenvalue weighted by Crippen LogP contribution is -2.28. The van der Waals surface area contributed by atoms with Crippen LogP contribution in [0.3, 0.4) is 0 Å². The predicted molar refractivity (Wildman–Crippen MR) is 65.5 cm³/mol. The molecule has 0 radical (unpaired) electrons. The summed E-state index contributed by atoms with van der Waals surface area (Å²) in [6, 6.07) is 4.19. The van der Waals surface area contributed by atoms with Crippen LogP contribution in [0.15, 0.2) is 22.9 Å². The van der Waals surface area contributed by atoms with Crippen LogP contribution in [0.5, 0.6) is 0 Å². The van der Waals surface area contributed by atoms with Gasteiger partial charge < -0.3 is 14.8 Å². The summed E-state index contributed by atoms with van der Waals surface area (Å²) in [6.45, 7) is 5.28. The fourth-order valence-electron chi connectivity index (χ4n) is 1.64. The van der Waals surface area contributed by atoms with Crippen LogP contribution < -0.4 is 5.32 Å². The van der Waals surface area contributed by atoms with Gasteiger partial charge in [-0.1, -0.05) is 12.1 Å². The predicted octanol–water partition coefficient (Wildman–Crippen LogP) is 2.00. The van der Waals surface area contributed by atoms with E-state index >= 15 is 0 Å². The second-order valence-electron chi connectivity index (χ2n) is 4.15. The molecule has 92 valence electrons. The quantitative estimate of drug-likeness (QED) is 0.802. The van der Waals surface area contributed by atoms with Gasteiger partial charge in [0.2, 0.25) is 11.7 Å². The lowest BCUT2D eigenvalue weighted by molar-refractivity contribution is 0.362. The van der Waals surface area contributed by atoms with E-state index in [1.54, 1.807) is 0 Å². The number of H-pyrrole nitrogens is 1. The number of hydrogen-bond donors (Lipinski definition) is 2. The number of aromatic nitrogens is 3. The Kier molecular flexibility index (Phi) is 3.93. The van der Waals surface area contributed by atoms with E-state index in [9.17, 15) is 0 Å².